The summed E-state index contributed by atoms with van der Waals surface area (Å²) < 4.78 is 16.0. The molecule has 138 valence electrons. The lowest BCUT2D eigenvalue weighted by Crippen LogP contribution is -2.73. The average Bonchev–Trinajstić information content (AvgIpc) is 2.53. The number of benzene rings is 1. The topological polar surface area (TPSA) is 77.3 Å². The van der Waals surface area contributed by atoms with Gasteiger partial charge in [-0.1, -0.05) is 13.3 Å². The summed E-state index contributed by atoms with van der Waals surface area (Å²) in [5.74, 6) is 1.38. The third-order valence-electron chi connectivity index (χ3n) is 4.96. The molecule has 3 rings (SSSR count). The minimum atomic E-state index is -0.191. The zero-order valence-electron chi connectivity index (χ0n) is 15.2. The molecule has 0 aromatic heterocycles. The van der Waals surface area contributed by atoms with E-state index >= 15 is 0 Å². The number of hydrogen-bond acceptors (Lipinski definition) is 6. The van der Waals surface area contributed by atoms with E-state index in [4.69, 9.17) is 19.9 Å². The van der Waals surface area contributed by atoms with E-state index in [-0.39, 0.29) is 11.5 Å². The molecule has 1 aromatic carbocycles. The fourth-order valence-electron chi connectivity index (χ4n) is 3.57. The first kappa shape index (κ1) is 17.5. The van der Waals surface area contributed by atoms with Crippen LogP contribution in [0.3, 0.4) is 0 Å². The number of carbonyl (C=O) groups is 1. The van der Waals surface area contributed by atoms with Gasteiger partial charge in [-0.3, -0.25) is 0 Å². The third-order valence-corrected chi connectivity index (χ3v) is 4.96. The van der Waals surface area contributed by atoms with Crippen molar-refractivity contribution in [2.75, 3.05) is 57.6 Å². The number of amides is 1. The maximum Gasteiger partial charge on any atom is 0.409 e. The zero-order valence-corrected chi connectivity index (χ0v) is 15.2. The molecule has 25 heavy (non-hydrogen) atoms. The van der Waals surface area contributed by atoms with E-state index in [0.717, 1.165) is 50.5 Å². The van der Waals surface area contributed by atoms with Gasteiger partial charge in [0.15, 0.2) is 0 Å². The van der Waals surface area contributed by atoms with Gasteiger partial charge in [0, 0.05) is 43.7 Å². The Kier molecular flexibility index (Phi) is 4.83. The molecule has 0 radical (unpaired) electrons. The number of ether oxygens (including phenoxy) is 3. The normalized spacial score (nSPS) is 17.7. The molecule has 7 nitrogen and oxygen atoms in total. The van der Waals surface area contributed by atoms with Crippen molar-refractivity contribution >= 4 is 17.5 Å². The zero-order chi connectivity index (χ0) is 18.0. The van der Waals surface area contributed by atoms with Gasteiger partial charge in [0.05, 0.1) is 32.2 Å². The van der Waals surface area contributed by atoms with Crippen LogP contribution in [0.25, 0.3) is 0 Å². The number of nitrogen functional groups attached to an aromatic ring is 1. The second kappa shape index (κ2) is 6.90. The molecule has 2 aliphatic heterocycles. The fraction of sp³-hybridized carbons (Fsp3) is 0.611. The molecule has 0 aliphatic carbocycles. The number of carbonyl (C=O) groups excluding carboxylic acids is 1. The van der Waals surface area contributed by atoms with E-state index in [9.17, 15) is 4.79 Å². The average molecular weight is 349 g/mol. The van der Waals surface area contributed by atoms with Crippen molar-refractivity contribution in [3.8, 4) is 11.5 Å². The predicted octanol–water partition coefficient (Wildman–Crippen LogP) is 2.34. The van der Waals surface area contributed by atoms with E-state index in [1.165, 1.54) is 0 Å². The molecule has 7 heteroatoms. The van der Waals surface area contributed by atoms with Crippen LogP contribution in [0.15, 0.2) is 12.1 Å². The first-order chi connectivity index (χ1) is 12.0. The van der Waals surface area contributed by atoms with Crippen molar-refractivity contribution in [3.63, 3.8) is 0 Å². The van der Waals surface area contributed by atoms with Gasteiger partial charge in [-0.2, -0.15) is 0 Å². The lowest BCUT2D eigenvalue weighted by atomic mass is 9.73. The molecule has 2 heterocycles. The van der Waals surface area contributed by atoms with E-state index in [1.807, 2.05) is 6.07 Å². The molecule has 2 N–H and O–H groups in total. The number of unbranched alkanes of at least 4 members (excludes halogenated alkanes) is 1. The number of likely N-dealkylation sites (tertiary alicyclic amines) is 1. The summed E-state index contributed by atoms with van der Waals surface area (Å²) in [6.45, 7) is 5.86. The molecular formula is C18H27N3O4. The molecule has 1 amide bonds. The number of nitrogens with two attached hydrogens (primary N) is 1. The quantitative estimate of drug-likeness (QED) is 0.627. The summed E-state index contributed by atoms with van der Waals surface area (Å²) in [7, 11) is 3.24. The van der Waals surface area contributed by atoms with Crippen LogP contribution in [-0.2, 0) is 4.74 Å². The first-order valence-corrected chi connectivity index (χ1v) is 8.70. The summed E-state index contributed by atoms with van der Waals surface area (Å²) >= 11 is 0. The highest BCUT2D eigenvalue weighted by Crippen LogP contribution is 2.46. The molecular weight excluding hydrogens is 322 g/mol. The molecule has 0 atom stereocenters. The highest BCUT2D eigenvalue weighted by Gasteiger charge is 2.54. The van der Waals surface area contributed by atoms with Crippen molar-refractivity contribution in [1.29, 1.82) is 0 Å². The predicted molar refractivity (Wildman–Crippen MR) is 96.4 cm³/mol. The Morgan fingerprint density at radius 1 is 1.16 bits per heavy atom. The van der Waals surface area contributed by atoms with Crippen LogP contribution in [0.5, 0.6) is 11.5 Å². The Morgan fingerprint density at radius 3 is 2.44 bits per heavy atom. The minimum absolute atomic E-state index is 0.170. The lowest BCUT2D eigenvalue weighted by Gasteiger charge is -2.60. The summed E-state index contributed by atoms with van der Waals surface area (Å²) in [6, 6.07) is 3.70. The Balaban J connectivity index is 1.56. The minimum Gasteiger partial charge on any atom is -0.495 e. The van der Waals surface area contributed by atoms with Gasteiger partial charge in [0.2, 0.25) is 0 Å². The largest absolute Gasteiger partial charge is 0.495 e. The fourth-order valence-corrected chi connectivity index (χ4v) is 3.57. The SMILES string of the molecule is CCCCOC(=O)N1CC2(C1)CN(c1cc(OC)c(N)cc1OC)C2. The Morgan fingerprint density at radius 2 is 1.84 bits per heavy atom. The van der Waals surface area contributed by atoms with Crippen molar-refractivity contribution in [2.45, 2.75) is 19.8 Å². The van der Waals surface area contributed by atoms with Crippen LogP contribution < -0.4 is 20.1 Å². The number of hydrogen-bond donors (Lipinski definition) is 1. The van der Waals surface area contributed by atoms with E-state index in [1.54, 1.807) is 25.2 Å². The highest BCUT2D eigenvalue weighted by molar-refractivity contribution is 5.73. The van der Waals surface area contributed by atoms with Crippen LogP contribution >= 0.6 is 0 Å². The van der Waals surface area contributed by atoms with E-state index in [2.05, 4.69) is 11.8 Å². The second-order valence-electron chi connectivity index (χ2n) is 6.95. The summed E-state index contributed by atoms with van der Waals surface area (Å²) in [5, 5.41) is 0. The van der Waals surface area contributed by atoms with E-state index < -0.39 is 0 Å². The second-order valence-corrected chi connectivity index (χ2v) is 6.95. The molecule has 1 spiro atoms. The standard InChI is InChI=1S/C18H27N3O4/c1-4-5-6-25-17(22)21-11-18(12-21)9-20(10-18)14-8-15(23-2)13(19)7-16(14)24-3/h7-8H,4-6,9-12,19H2,1-3H3. The Hall–Kier alpha value is -2.31. The smallest absolute Gasteiger partial charge is 0.409 e. The monoisotopic (exact) mass is 349 g/mol. The van der Waals surface area contributed by atoms with E-state index in [0.29, 0.717) is 18.0 Å². The van der Waals surface area contributed by atoms with Gasteiger partial charge in [-0.25, -0.2) is 4.79 Å². The van der Waals surface area contributed by atoms with Crippen LogP contribution in [0.2, 0.25) is 0 Å². The molecule has 0 saturated carbocycles. The lowest BCUT2D eigenvalue weighted by molar-refractivity contribution is -0.0208. The summed E-state index contributed by atoms with van der Waals surface area (Å²) in [6.07, 6.45) is 1.75. The first-order valence-electron chi connectivity index (χ1n) is 8.70. The van der Waals surface area contributed by atoms with Crippen molar-refractivity contribution in [3.05, 3.63) is 12.1 Å². The van der Waals surface area contributed by atoms with Gasteiger partial charge in [0.1, 0.15) is 11.5 Å². The number of methoxy groups -OCH3 is 2. The van der Waals surface area contributed by atoms with Gasteiger partial charge >= 0.3 is 6.09 Å². The van der Waals surface area contributed by atoms with Gasteiger partial charge < -0.3 is 29.7 Å². The van der Waals surface area contributed by atoms with Crippen LogP contribution in [0.1, 0.15) is 19.8 Å². The van der Waals surface area contributed by atoms with Crippen LogP contribution in [-0.4, -0.2) is 58.0 Å². The van der Waals surface area contributed by atoms with Crippen molar-refractivity contribution < 1.29 is 19.0 Å². The summed E-state index contributed by atoms with van der Waals surface area (Å²) in [4.78, 5) is 16.0. The van der Waals surface area contributed by atoms with Crippen LogP contribution in [0, 0.1) is 5.41 Å². The summed E-state index contributed by atoms with van der Waals surface area (Å²) in [5.41, 5.74) is 7.65. The number of rotatable bonds is 6. The number of anilines is 2. The highest BCUT2D eigenvalue weighted by atomic mass is 16.6. The van der Waals surface area contributed by atoms with Crippen LogP contribution in [0.4, 0.5) is 16.2 Å². The van der Waals surface area contributed by atoms with Gasteiger partial charge in [-0.05, 0) is 6.42 Å². The molecule has 2 fully saturated rings. The van der Waals surface area contributed by atoms with Crippen molar-refractivity contribution in [2.24, 2.45) is 5.41 Å². The molecule has 2 saturated heterocycles. The molecule has 0 unspecified atom stereocenters. The maximum atomic E-state index is 11.9. The molecule has 1 aromatic rings. The van der Waals surface area contributed by atoms with Gasteiger partial charge in [-0.15, -0.1) is 0 Å². The number of nitrogens with zero attached hydrogens (tertiary/aromatic N) is 2. The Labute approximate surface area is 148 Å². The molecule has 0 bridgehead atoms. The maximum absolute atomic E-state index is 11.9. The van der Waals surface area contributed by atoms with Crippen molar-refractivity contribution in [1.82, 2.24) is 4.90 Å². The van der Waals surface area contributed by atoms with Gasteiger partial charge in [0.25, 0.3) is 0 Å². The third kappa shape index (κ3) is 3.27. The molecule has 2 aliphatic rings. The Bertz CT molecular complexity index is 635.